The van der Waals surface area contributed by atoms with Crippen molar-refractivity contribution in [2.75, 3.05) is 29.9 Å². The zero-order valence-electron chi connectivity index (χ0n) is 13.2. The molecule has 1 aliphatic rings. The van der Waals surface area contributed by atoms with Gasteiger partial charge in [0.25, 0.3) is 0 Å². The number of hydrogen-bond donors (Lipinski definition) is 0. The molecule has 0 radical (unpaired) electrons. The minimum atomic E-state index is 0.381. The van der Waals surface area contributed by atoms with E-state index in [1.807, 2.05) is 31.2 Å². The Kier molecular flexibility index (Phi) is 4.49. The third kappa shape index (κ3) is 3.30. The normalized spacial score (nSPS) is 17.1. The van der Waals surface area contributed by atoms with Gasteiger partial charge in [0.2, 0.25) is 5.95 Å². The molecule has 5 nitrogen and oxygen atoms in total. The van der Waals surface area contributed by atoms with Crippen LogP contribution in [-0.2, 0) is 0 Å². The van der Waals surface area contributed by atoms with Gasteiger partial charge >= 0.3 is 0 Å². The maximum Gasteiger partial charge on any atom is 0.225 e. The molecule has 1 aliphatic heterocycles. The Morgan fingerprint density at radius 3 is 2.91 bits per heavy atom. The molecule has 3 rings (SSSR count). The molecule has 0 spiro atoms. The van der Waals surface area contributed by atoms with E-state index in [1.165, 1.54) is 0 Å². The number of benzene rings is 1. The largest absolute Gasteiger partial charge is 0.369 e. The molecule has 0 saturated carbocycles. The lowest BCUT2D eigenvalue weighted by Crippen LogP contribution is -2.35. The van der Waals surface area contributed by atoms with Crippen molar-refractivity contribution < 1.29 is 0 Å². The first-order valence-corrected chi connectivity index (χ1v) is 8.35. The van der Waals surface area contributed by atoms with Crippen molar-refractivity contribution in [1.29, 1.82) is 5.26 Å². The fourth-order valence-corrected chi connectivity index (χ4v) is 3.31. The van der Waals surface area contributed by atoms with Gasteiger partial charge in [-0.05, 0) is 53.5 Å². The second kappa shape index (κ2) is 6.55. The summed E-state index contributed by atoms with van der Waals surface area (Å²) in [7, 11) is 2.05. The van der Waals surface area contributed by atoms with Gasteiger partial charge in [0.15, 0.2) is 0 Å². The van der Waals surface area contributed by atoms with Crippen molar-refractivity contribution >= 4 is 27.6 Å². The van der Waals surface area contributed by atoms with Gasteiger partial charge < -0.3 is 9.80 Å². The number of anilines is 2. The van der Waals surface area contributed by atoms with E-state index in [1.54, 1.807) is 6.20 Å². The molecule has 23 heavy (non-hydrogen) atoms. The van der Waals surface area contributed by atoms with Crippen molar-refractivity contribution in [1.82, 2.24) is 9.97 Å². The lowest BCUT2D eigenvalue weighted by molar-refractivity contribution is 0.673. The molecule has 1 saturated heterocycles. The van der Waals surface area contributed by atoms with Gasteiger partial charge in [0.05, 0.1) is 11.6 Å². The first kappa shape index (κ1) is 15.8. The van der Waals surface area contributed by atoms with Gasteiger partial charge in [-0.15, -0.1) is 0 Å². The molecule has 0 N–H and O–H groups in total. The number of aryl methyl sites for hydroxylation is 1. The standard InChI is InChI=1S/C17H18BrN5/c1-12-5-7-20-17(21-12)22(2)15-6-8-23(11-15)14-4-3-13(10-19)16(18)9-14/h3-5,7,9,15H,6,8,11H2,1-2H3. The Morgan fingerprint density at radius 1 is 1.39 bits per heavy atom. The van der Waals surface area contributed by atoms with E-state index in [0.29, 0.717) is 11.6 Å². The summed E-state index contributed by atoms with van der Waals surface area (Å²) in [5.74, 6) is 0.776. The quantitative estimate of drug-likeness (QED) is 0.829. The van der Waals surface area contributed by atoms with E-state index in [-0.39, 0.29) is 0 Å². The van der Waals surface area contributed by atoms with Crippen LogP contribution in [0.5, 0.6) is 0 Å². The Balaban J connectivity index is 1.73. The molecular weight excluding hydrogens is 354 g/mol. The van der Waals surface area contributed by atoms with E-state index in [0.717, 1.165) is 41.3 Å². The molecule has 0 aliphatic carbocycles. The molecule has 2 heterocycles. The van der Waals surface area contributed by atoms with Crippen LogP contribution in [0.1, 0.15) is 17.7 Å². The summed E-state index contributed by atoms with van der Waals surface area (Å²) in [6.07, 6.45) is 2.87. The number of rotatable bonds is 3. The van der Waals surface area contributed by atoms with Crippen LogP contribution in [-0.4, -0.2) is 36.1 Å². The molecule has 1 aromatic heterocycles. The van der Waals surface area contributed by atoms with Gasteiger partial charge in [-0.3, -0.25) is 0 Å². The van der Waals surface area contributed by atoms with Crippen molar-refractivity contribution in [3.05, 3.63) is 46.2 Å². The van der Waals surface area contributed by atoms with Crippen molar-refractivity contribution in [3.63, 3.8) is 0 Å². The Hall–Kier alpha value is -2.13. The number of hydrogen-bond acceptors (Lipinski definition) is 5. The van der Waals surface area contributed by atoms with Crippen LogP contribution in [0.4, 0.5) is 11.6 Å². The van der Waals surface area contributed by atoms with Gasteiger partial charge in [-0.25, -0.2) is 9.97 Å². The fourth-order valence-electron chi connectivity index (χ4n) is 2.85. The summed E-state index contributed by atoms with van der Waals surface area (Å²) >= 11 is 3.46. The van der Waals surface area contributed by atoms with Crippen LogP contribution in [0.2, 0.25) is 0 Å². The summed E-state index contributed by atoms with van der Waals surface area (Å²) in [5.41, 5.74) is 2.78. The average Bonchev–Trinajstić information content (AvgIpc) is 3.04. The molecule has 6 heteroatoms. The van der Waals surface area contributed by atoms with E-state index in [9.17, 15) is 0 Å². The summed E-state index contributed by atoms with van der Waals surface area (Å²) < 4.78 is 0.844. The van der Waals surface area contributed by atoms with Crippen molar-refractivity contribution in [2.24, 2.45) is 0 Å². The number of likely N-dealkylation sites (N-methyl/N-ethyl adjacent to an activating group) is 1. The highest BCUT2D eigenvalue weighted by atomic mass is 79.9. The second-order valence-electron chi connectivity index (χ2n) is 5.77. The molecular formula is C17H18BrN5. The van der Waals surface area contributed by atoms with E-state index in [2.05, 4.69) is 48.8 Å². The predicted molar refractivity (Wildman–Crippen MR) is 94.6 cm³/mol. The van der Waals surface area contributed by atoms with E-state index < -0.39 is 0 Å². The lowest BCUT2D eigenvalue weighted by Gasteiger charge is -2.25. The van der Waals surface area contributed by atoms with E-state index >= 15 is 0 Å². The van der Waals surface area contributed by atoms with Gasteiger partial charge in [0, 0.05) is 42.2 Å². The minimum absolute atomic E-state index is 0.381. The molecule has 1 aromatic carbocycles. The molecule has 1 fully saturated rings. The number of halogens is 1. The number of nitriles is 1. The average molecular weight is 372 g/mol. The highest BCUT2D eigenvalue weighted by Gasteiger charge is 2.27. The first-order chi connectivity index (χ1) is 11.1. The highest BCUT2D eigenvalue weighted by Crippen LogP contribution is 2.28. The third-order valence-electron chi connectivity index (χ3n) is 4.25. The summed E-state index contributed by atoms with van der Waals surface area (Å²) in [4.78, 5) is 13.4. The molecule has 2 aromatic rings. The van der Waals surface area contributed by atoms with Crippen LogP contribution in [0.25, 0.3) is 0 Å². The smallest absolute Gasteiger partial charge is 0.225 e. The van der Waals surface area contributed by atoms with Gasteiger partial charge in [-0.2, -0.15) is 5.26 Å². The SMILES string of the molecule is Cc1ccnc(N(C)C2CCN(c3ccc(C#N)c(Br)c3)C2)n1. The monoisotopic (exact) mass is 371 g/mol. The fraction of sp³-hybridized carbons (Fsp3) is 0.353. The van der Waals surface area contributed by atoms with Gasteiger partial charge in [0.1, 0.15) is 6.07 Å². The van der Waals surface area contributed by atoms with Crippen LogP contribution in [0.3, 0.4) is 0 Å². The molecule has 118 valence electrons. The minimum Gasteiger partial charge on any atom is -0.369 e. The number of aromatic nitrogens is 2. The zero-order chi connectivity index (χ0) is 16.4. The zero-order valence-corrected chi connectivity index (χ0v) is 14.8. The summed E-state index contributed by atoms with van der Waals surface area (Å²) in [5, 5.41) is 9.02. The van der Waals surface area contributed by atoms with Gasteiger partial charge in [-0.1, -0.05) is 0 Å². The number of nitrogens with zero attached hydrogens (tertiary/aromatic N) is 5. The first-order valence-electron chi connectivity index (χ1n) is 7.55. The topological polar surface area (TPSA) is 56.1 Å². The summed E-state index contributed by atoms with van der Waals surface area (Å²) in [6.45, 7) is 3.89. The van der Waals surface area contributed by atoms with Crippen molar-refractivity contribution in [3.8, 4) is 6.07 Å². The third-order valence-corrected chi connectivity index (χ3v) is 4.90. The molecule has 0 amide bonds. The van der Waals surface area contributed by atoms with Crippen LogP contribution in [0.15, 0.2) is 34.9 Å². The Bertz CT molecular complexity index is 755. The molecule has 1 unspecified atom stereocenters. The Morgan fingerprint density at radius 2 is 2.22 bits per heavy atom. The molecule has 1 atom stereocenters. The predicted octanol–water partition coefficient (Wildman–Crippen LogP) is 3.13. The maximum absolute atomic E-state index is 9.02. The van der Waals surface area contributed by atoms with Crippen LogP contribution < -0.4 is 9.80 Å². The second-order valence-corrected chi connectivity index (χ2v) is 6.63. The molecule has 0 bridgehead atoms. The summed E-state index contributed by atoms with van der Waals surface area (Å²) in [6, 6.07) is 10.4. The van der Waals surface area contributed by atoms with Crippen LogP contribution in [0, 0.1) is 18.3 Å². The van der Waals surface area contributed by atoms with E-state index in [4.69, 9.17) is 5.26 Å². The van der Waals surface area contributed by atoms with Crippen LogP contribution >= 0.6 is 15.9 Å². The highest BCUT2D eigenvalue weighted by molar-refractivity contribution is 9.10. The Labute approximate surface area is 144 Å². The maximum atomic E-state index is 9.02. The van der Waals surface area contributed by atoms with Crippen molar-refractivity contribution in [2.45, 2.75) is 19.4 Å². The lowest BCUT2D eigenvalue weighted by atomic mass is 10.2.